The van der Waals surface area contributed by atoms with Crippen molar-refractivity contribution in [1.29, 1.82) is 0 Å². The van der Waals surface area contributed by atoms with E-state index >= 15 is 0 Å². The summed E-state index contributed by atoms with van der Waals surface area (Å²) in [7, 11) is 0. The molecule has 1 heterocycles. The fourth-order valence-corrected chi connectivity index (χ4v) is 3.79. The molecule has 1 aliphatic heterocycles. The second kappa shape index (κ2) is 8.93. The SMILES string of the molecule is O=C(CCN1C(=O)NC2(CCCCC2)C1=O)NCc1cccc(OCC(F)(F)F)c1. The van der Waals surface area contributed by atoms with Gasteiger partial charge in [-0.1, -0.05) is 31.4 Å². The number of alkyl halides is 3. The summed E-state index contributed by atoms with van der Waals surface area (Å²) in [4.78, 5) is 38.1. The van der Waals surface area contributed by atoms with Crippen LogP contribution < -0.4 is 15.4 Å². The van der Waals surface area contributed by atoms with E-state index in [1.807, 2.05) is 0 Å². The molecule has 0 atom stereocenters. The molecule has 1 saturated carbocycles. The van der Waals surface area contributed by atoms with E-state index in [4.69, 9.17) is 0 Å². The molecule has 7 nitrogen and oxygen atoms in total. The number of rotatable bonds is 7. The van der Waals surface area contributed by atoms with Gasteiger partial charge in [-0.05, 0) is 30.5 Å². The van der Waals surface area contributed by atoms with Crippen molar-refractivity contribution >= 4 is 17.8 Å². The first-order valence-electron chi connectivity index (χ1n) is 9.88. The summed E-state index contributed by atoms with van der Waals surface area (Å²) < 4.78 is 41.4. The van der Waals surface area contributed by atoms with E-state index in [2.05, 4.69) is 15.4 Å². The molecule has 4 amide bonds. The highest BCUT2D eigenvalue weighted by atomic mass is 19.4. The molecule has 1 spiro atoms. The Bertz CT molecular complexity index is 807. The standard InChI is InChI=1S/C20H24F3N3O4/c21-20(22,23)13-30-15-6-4-5-14(11-15)12-24-16(27)7-10-26-17(28)19(25-18(26)29)8-2-1-3-9-19/h4-6,11H,1-3,7-10,12-13H2,(H,24,27)(H,25,29). The largest absolute Gasteiger partial charge is 0.484 e. The van der Waals surface area contributed by atoms with E-state index in [1.54, 1.807) is 6.07 Å². The predicted molar refractivity (Wildman–Crippen MR) is 101 cm³/mol. The zero-order valence-electron chi connectivity index (χ0n) is 16.4. The van der Waals surface area contributed by atoms with Crippen molar-refractivity contribution in [2.24, 2.45) is 0 Å². The quantitative estimate of drug-likeness (QED) is 0.655. The number of carbonyl (C=O) groups is 3. The monoisotopic (exact) mass is 427 g/mol. The molecule has 0 bridgehead atoms. The van der Waals surface area contributed by atoms with Gasteiger partial charge in [0.05, 0.1) is 0 Å². The lowest BCUT2D eigenvalue weighted by Crippen LogP contribution is -2.48. The molecule has 0 radical (unpaired) electrons. The van der Waals surface area contributed by atoms with Gasteiger partial charge < -0.3 is 15.4 Å². The molecule has 0 aromatic heterocycles. The highest BCUT2D eigenvalue weighted by Crippen LogP contribution is 2.33. The van der Waals surface area contributed by atoms with E-state index in [1.165, 1.54) is 18.2 Å². The summed E-state index contributed by atoms with van der Waals surface area (Å²) in [5.74, 6) is -0.590. The van der Waals surface area contributed by atoms with Crippen LogP contribution in [0.25, 0.3) is 0 Å². The lowest BCUT2D eigenvalue weighted by atomic mass is 9.82. The van der Waals surface area contributed by atoms with Crippen molar-refractivity contribution in [2.75, 3.05) is 13.2 Å². The molecule has 0 unspecified atom stereocenters. The van der Waals surface area contributed by atoms with Crippen LogP contribution in [0.3, 0.4) is 0 Å². The minimum atomic E-state index is -4.43. The van der Waals surface area contributed by atoms with Gasteiger partial charge in [0.2, 0.25) is 5.91 Å². The van der Waals surface area contributed by atoms with Crippen molar-refractivity contribution < 1.29 is 32.3 Å². The first kappa shape index (κ1) is 21.9. The van der Waals surface area contributed by atoms with Crippen LogP contribution in [-0.4, -0.2) is 47.6 Å². The second-order valence-electron chi connectivity index (χ2n) is 7.61. The Morgan fingerprint density at radius 1 is 1.20 bits per heavy atom. The van der Waals surface area contributed by atoms with Gasteiger partial charge in [-0.3, -0.25) is 14.5 Å². The molecule has 3 rings (SSSR count). The Morgan fingerprint density at radius 2 is 1.93 bits per heavy atom. The third-order valence-electron chi connectivity index (χ3n) is 5.31. The molecule has 2 N–H and O–H groups in total. The third-order valence-corrected chi connectivity index (χ3v) is 5.31. The number of imide groups is 1. The lowest BCUT2D eigenvalue weighted by Gasteiger charge is -2.30. The number of ether oxygens (including phenoxy) is 1. The zero-order valence-corrected chi connectivity index (χ0v) is 16.4. The number of carbonyl (C=O) groups excluding carboxylic acids is 3. The summed E-state index contributed by atoms with van der Waals surface area (Å²) in [5.41, 5.74) is -0.248. The van der Waals surface area contributed by atoms with E-state index < -0.39 is 24.4 Å². The minimum Gasteiger partial charge on any atom is -0.484 e. The molecule has 1 aliphatic carbocycles. The Hall–Kier alpha value is -2.78. The summed E-state index contributed by atoms with van der Waals surface area (Å²) >= 11 is 0. The summed E-state index contributed by atoms with van der Waals surface area (Å²) in [5, 5.41) is 5.43. The summed E-state index contributed by atoms with van der Waals surface area (Å²) in [6.07, 6.45) is -0.451. The topological polar surface area (TPSA) is 87.7 Å². The van der Waals surface area contributed by atoms with E-state index in [-0.39, 0.29) is 37.1 Å². The number of halogens is 3. The van der Waals surface area contributed by atoms with Crippen molar-refractivity contribution in [3.8, 4) is 5.75 Å². The number of hydrogen-bond donors (Lipinski definition) is 2. The third kappa shape index (κ3) is 5.43. The Kier molecular flexibility index (Phi) is 6.52. The number of urea groups is 1. The van der Waals surface area contributed by atoms with Crippen LogP contribution in [0.1, 0.15) is 44.1 Å². The van der Waals surface area contributed by atoms with Gasteiger partial charge in [-0.25, -0.2) is 4.79 Å². The van der Waals surface area contributed by atoms with Crippen molar-refractivity contribution in [2.45, 2.75) is 56.8 Å². The summed E-state index contributed by atoms with van der Waals surface area (Å²) in [6.45, 7) is -1.32. The van der Waals surface area contributed by atoms with Gasteiger partial charge in [0, 0.05) is 19.5 Å². The molecular formula is C20H24F3N3O4. The Balaban J connectivity index is 1.46. The van der Waals surface area contributed by atoms with E-state index in [9.17, 15) is 27.6 Å². The van der Waals surface area contributed by atoms with Gasteiger partial charge in [-0.15, -0.1) is 0 Å². The van der Waals surface area contributed by atoms with Crippen LogP contribution >= 0.6 is 0 Å². The number of benzene rings is 1. The van der Waals surface area contributed by atoms with Crippen LogP contribution in [-0.2, 0) is 16.1 Å². The maximum atomic E-state index is 12.7. The lowest BCUT2D eigenvalue weighted by molar-refractivity contribution is -0.153. The van der Waals surface area contributed by atoms with Gasteiger partial charge in [0.25, 0.3) is 5.91 Å². The van der Waals surface area contributed by atoms with Gasteiger partial charge in [0.15, 0.2) is 6.61 Å². The fourth-order valence-electron chi connectivity index (χ4n) is 3.79. The molecule has 30 heavy (non-hydrogen) atoms. The fraction of sp³-hybridized carbons (Fsp3) is 0.550. The highest BCUT2D eigenvalue weighted by molar-refractivity contribution is 6.07. The van der Waals surface area contributed by atoms with E-state index in [0.29, 0.717) is 18.4 Å². The van der Waals surface area contributed by atoms with Crippen LogP contribution in [0, 0.1) is 0 Å². The molecule has 1 aromatic carbocycles. The van der Waals surface area contributed by atoms with Crippen molar-refractivity contribution in [3.63, 3.8) is 0 Å². The maximum absolute atomic E-state index is 12.7. The number of nitrogens with one attached hydrogen (secondary N) is 2. The predicted octanol–water partition coefficient (Wildman–Crippen LogP) is 2.89. The van der Waals surface area contributed by atoms with Gasteiger partial charge in [0.1, 0.15) is 11.3 Å². The smallest absolute Gasteiger partial charge is 0.422 e. The van der Waals surface area contributed by atoms with Gasteiger partial charge in [-0.2, -0.15) is 13.2 Å². The van der Waals surface area contributed by atoms with Crippen LogP contribution in [0.5, 0.6) is 5.75 Å². The number of hydrogen-bond acceptors (Lipinski definition) is 4. The van der Waals surface area contributed by atoms with Gasteiger partial charge >= 0.3 is 12.2 Å². The molecule has 1 saturated heterocycles. The molecule has 1 aromatic rings. The van der Waals surface area contributed by atoms with Crippen LogP contribution in [0.2, 0.25) is 0 Å². The second-order valence-corrected chi connectivity index (χ2v) is 7.61. The Morgan fingerprint density at radius 3 is 2.63 bits per heavy atom. The van der Waals surface area contributed by atoms with Crippen LogP contribution in [0.15, 0.2) is 24.3 Å². The van der Waals surface area contributed by atoms with Crippen LogP contribution in [0.4, 0.5) is 18.0 Å². The minimum absolute atomic E-state index is 0.0208. The molecule has 2 aliphatic rings. The highest BCUT2D eigenvalue weighted by Gasteiger charge is 2.51. The van der Waals surface area contributed by atoms with Crippen molar-refractivity contribution in [3.05, 3.63) is 29.8 Å². The molecule has 10 heteroatoms. The zero-order chi connectivity index (χ0) is 21.8. The summed E-state index contributed by atoms with van der Waals surface area (Å²) in [6, 6.07) is 5.52. The number of amides is 4. The average Bonchev–Trinajstić information content (AvgIpc) is 2.92. The average molecular weight is 427 g/mol. The first-order valence-corrected chi connectivity index (χ1v) is 9.88. The Labute approximate surface area is 171 Å². The number of nitrogens with zero attached hydrogens (tertiary/aromatic N) is 1. The van der Waals surface area contributed by atoms with E-state index in [0.717, 1.165) is 24.2 Å². The molecule has 2 fully saturated rings. The normalized spacial score (nSPS) is 18.4. The first-order chi connectivity index (χ1) is 14.2. The molecular weight excluding hydrogens is 403 g/mol. The maximum Gasteiger partial charge on any atom is 0.422 e. The van der Waals surface area contributed by atoms with Crippen molar-refractivity contribution in [1.82, 2.24) is 15.5 Å². The molecule has 164 valence electrons.